The molecule has 0 aromatic heterocycles. The van der Waals surface area contributed by atoms with Crippen LogP contribution in [0.3, 0.4) is 0 Å². The number of aromatic hydroxyl groups is 1. The number of hydrogen-bond acceptors (Lipinski definition) is 6. The summed E-state index contributed by atoms with van der Waals surface area (Å²) in [7, 11) is 0. The molecule has 1 aromatic rings. The monoisotopic (exact) mass is 548 g/mol. The zero-order valence-electron chi connectivity index (χ0n) is 24.6. The lowest BCUT2D eigenvalue weighted by Gasteiger charge is -2.38. The van der Waals surface area contributed by atoms with E-state index in [9.17, 15) is 24.3 Å². The highest BCUT2D eigenvalue weighted by molar-refractivity contribution is 5.94. The predicted molar refractivity (Wildman–Crippen MR) is 151 cm³/mol. The van der Waals surface area contributed by atoms with E-state index in [-0.39, 0.29) is 5.75 Å². The van der Waals surface area contributed by atoms with Crippen molar-refractivity contribution in [3.05, 3.63) is 29.8 Å². The standard InChI is InChI=1S/C29H48N4O6/c1-8-9-10-17-31-26(36)25(21-13-15-22(34)16-14-21)33(20(4)12-11-19(2)3)27(37)23(18-24(30)35)32-28(38)39-29(5,6)7/h13-16,19-20,23,25,34H,8-12,17-18H2,1-7H3,(H2,30,35)(H,31,36)(H,32,38). The maximum Gasteiger partial charge on any atom is 0.408 e. The van der Waals surface area contributed by atoms with Crippen molar-refractivity contribution in [2.24, 2.45) is 11.7 Å². The molecule has 0 fully saturated rings. The Labute approximate surface area is 233 Å². The van der Waals surface area contributed by atoms with Gasteiger partial charge in [-0.1, -0.05) is 45.7 Å². The van der Waals surface area contributed by atoms with Gasteiger partial charge in [0, 0.05) is 12.6 Å². The van der Waals surface area contributed by atoms with Crippen LogP contribution in [-0.4, -0.2) is 58.1 Å². The fourth-order valence-electron chi connectivity index (χ4n) is 4.12. The number of unbranched alkanes of at least 4 members (excludes halogenated alkanes) is 2. The van der Waals surface area contributed by atoms with Crippen molar-refractivity contribution in [2.75, 3.05) is 6.54 Å². The summed E-state index contributed by atoms with van der Waals surface area (Å²) in [5.41, 5.74) is 5.11. The molecule has 220 valence electrons. The molecule has 0 aliphatic heterocycles. The minimum absolute atomic E-state index is 0.0183. The fraction of sp³-hybridized carbons (Fsp3) is 0.655. The third-order valence-electron chi connectivity index (χ3n) is 6.10. The third-order valence-corrected chi connectivity index (χ3v) is 6.10. The lowest BCUT2D eigenvalue weighted by Crippen LogP contribution is -2.56. The summed E-state index contributed by atoms with van der Waals surface area (Å²) in [4.78, 5) is 53.8. The SMILES string of the molecule is CCCCCNC(=O)C(c1ccc(O)cc1)N(C(=O)C(CC(N)=O)NC(=O)OC(C)(C)C)C(C)CCC(C)C. The van der Waals surface area contributed by atoms with Crippen LogP contribution in [0, 0.1) is 5.92 Å². The van der Waals surface area contributed by atoms with Gasteiger partial charge in [0.05, 0.1) is 6.42 Å². The number of phenols is 1. The fourth-order valence-corrected chi connectivity index (χ4v) is 4.12. The molecule has 3 atom stereocenters. The Balaban J connectivity index is 3.55. The summed E-state index contributed by atoms with van der Waals surface area (Å²) in [5, 5.41) is 15.3. The minimum Gasteiger partial charge on any atom is -0.508 e. The van der Waals surface area contributed by atoms with Crippen LogP contribution in [0.15, 0.2) is 24.3 Å². The summed E-state index contributed by atoms with van der Waals surface area (Å²) in [5.74, 6) is -1.44. The molecule has 0 radical (unpaired) electrons. The summed E-state index contributed by atoms with van der Waals surface area (Å²) < 4.78 is 5.32. The van der Waals surface area contributed by atoms with Crippen LogP contribution in [0.5, 0.6) is 5.75 Å². The number of ether oxygens (including phenoxy) is 1. The van der Waals surface area contributed by atoms with Gasteiger partial charge < -0.3 is 31.1 Å². The van der Waals surface area contributed by atoms with Crippen molar-refractivity contribution in [1.82, 2.24) is 15.5 Å². The van der Waals surface area contributed by atoms with Gasteiger partial charge in [-0.3, -0.25) is 14.4 Å². The maximum absolute atomic E-state index is 14.1. The number of phenolic OH excluding ortho intramolecular Hbond substituents is 1. The first kappa shape index (κ1) is 33.7. The number of alkyl carbamates (subject to hydrolysis) is 1. The van der Waals surface area contributed by atoms with Crippen molar-refractivity contribution in [3.63, 3.8) is 0 Å². The van der Waals surface area contributed by atoms with E-state index < -0.39 is 54.0 Å². The maximum atomic E-state index is 14.1. The quantitative estimate of drug-likeness (QED) is 0.242. The molecule has 1 aromatic carbocycles. The van der Waals surface area contributed by atoms with E-state index in [1.165, 1.54) is 17.0 Å². The van der Waals surface area contributed by atoms with E-state index in [2.05, 4.69) is 31.4 Å². The molecule has 39 heavy (non-hydrogen) atoms. The van der Waals surface area contributed by atoms with Crippen LogP contribution < -0.4 is 16.4 Å². The van der Waals surface area contributed by atoms with Gasteiger partial charge in [-0.25, -0.2) is 4.79 Å². The Kier molecular flexibility index (Phi) is 13.8. The van der Waals surface area contributed by atoms with Crippen molar-refractivity contribution in [3.8, 4) is 5.75 Å². The van der Waals surface area contributed by atoms with Gasteiger partial charge in [0.1, 0.15) is 23.4 Å². The number of nitrogens with zero attached hydrogens (tertiary/aromatic N) is 1. The van der Waals surface area contributed by atoms with Crippen LogP contribution in [0.25, 0.3) is 0 Å². The summed E-state index contributed by atoms with van der Waals surface area (Å²) in [6.07, 6.45) is 2.74. The Morgan fingerprint density at radius 2 is 1.64 bits per heavy atom. The molecule has 1 rings (SSSR count). The first-order valence-electron chi connectivity index (χ1n) is 13.8. The summed E-state index contributed by atoms with van der Waals surface area (Å²) >= 11 is 0. The van der Waals surface area contributed by atoms with Crippen LogP contribution >= 0.6 is 0 Å². The van der Waals surface area contributed by atoms with Gasteiger partial charge in [-0.2, -0.15) is 0 Å². The summed E-state index contributed by atoms with van der Waals surface area (Å²) in [6.45, 7) is 13.5. The number of carbonyl (C=O) groups excluding carboxylic acids is 4. The first-order chi connectivity index (χ1) is 18.2. The third kappa shape index (κ3) is 12.4. The van der Waals surface area contributed by atoms with Crippen molar-refractivity contribution < 1.29 is 29.0 Å². The van der Waals surface area contributed by atoms with Crippen LogP contribution in [-0.2, 0) is 19.1 Å². The molecule has 0 spiro atoms. The Bertz CT molecular complexity index is 942. The number of primary amides is 1. The van der Waals surface area contributed by atoms with E-state index in [4.69, 9.17) is 10.5 Å². The molecule has 3 unspecified atom stereocenters. The molecule has 4 amide bonds. The van der Waals surface area contributed by atoms with Gasteiger partial charge in [0.2, 0.25) is 17.7 Å². The van der Waals surface area contributed by atoms with Crippen LogP contribution in [0.1, 0.15) is 98.6 Å². The lowest BCUT2D eigenvalue weighted by molar-refractivity contribution is -0.146. The Hall–Kier alpha value is -3.30. The smallest absolute Gasteiger partial charge is 0.408 e. The molecular weight excluding hydrogens is 500 g/mol. The Morgan fingerprint density at radius 1 is 1.03 bits per heavy atom. The molecule has 0 bridgehead atoms. The second-order valence-electron chi connectivity index (χ2n) is 11.4. The summed E-state index contributed by atoms with van der Waals surface area (Å²) in [6, 6.07) is 3.23. The van der Waals surface area contributed by atoms with Gasteiger partial charge >= 0.3 is 6.09 Å². The lowest BCUT2D eigenvalue weighted by atomic mass is 9.96. The van der Waals surface area contributed by atoms with E-state index in [1.54, 1.807) is 32.9 Å². The number of carbonyl (C=O) groups is 4. The number of hydrogen-bond donors (Lipinski definition) is 4. The Morgan fingerprint density at radius 3 is 2.15 bits per heavy atom. The highest BCUT2D eigenvalue weighted by Crippen LogP contribution is 2.29. The molecule has 5 N–H and O–H groups in total. The van der Waals surface area contributed by atoms with Gasteiger partial charge in [0.25, 0.3) is 0 Å². The van der Waals surface area contributed by atoms with Crippen molar-refractivity contribution >= 4 is 23.8 Å². The number of rotatable bonds is 15. The molecule has 0 aliphatic carbocycles. The van der Waals surface area contributed by atoms with E-state index in [0.717, 1.165) is 25.7 Å². The number of amides is 4. The highest BCUT2D eigenvalue weighted by atomic mass is 16.6. The van der Waals surface area contributed by atoms with Gasteiger partial charge in [-0.05, 0) is 70.6 Å². The number of nitrogens with two attached hydrogens (primary N) is 1. The highest BCUT2D eigenvalue weighted by Gasteiger charge is 2.39. The number of benzene rings is 1. The van der Waals surface area contributed by atoms with E-state index in [0.29, 0.717) is 24.4 Å². The average Bonchev–Trinajstić information content (AvgIpc) is 2.82. The molecule has 10 nitrogen and oxygen atoms in total. The van der Waals surface area contributed by atoms with Gasteiger partial charge in [-0.15, -0.1) is 0 Å². The second-order valence-corrected chi connectivity index (χ2v) is 11.4. The molecular formula is C29H48N4O6. The van der Waals surface area contributed by atoms with Gasteiger partial charge in [0.15, 0.2) is 0 Å². The second kappa shape index (κ2) is 16.0. The molecule has 0 saturated heterocycles. The minimum atomic E-state index is -1.34. The normalized spacial score (nSPS) is 13.7. The molecule has 0 heterocycles. The molecule has 0 saturated carbocycles. The van der Waals surface area contributed by atoms with Crippen molar-refractivity contribution in [1.29, 1.82) is 0 Å². The topological polar surface area (TPSA) is 151 Å². The molecule has 0 aliphatic rings. The zero-order chi connectivity index (χ0) is 29.8. The van der Waals surface area contributed by atoms with Crippen molar-refractivity contribution in [2.45, 2.75) is 111 Å². The molecule has 10 heteroatoms. The average molecular weight is 549 g/mol. The van der Waals surface area contributed by atoms with Crippen LogP contribution in [0.2, 0.25) is 0 Å². The number of nitrogens with one attached hydrogen (secondary N) is 2. The zero-order valence-corrected chi connectivity index (χ0v) is 24.6. The van der Waals surface area contributed by atoms with Crippen LogP contribution in [0.4, 0.5) is 4.79 Å². The van der Waals surface area contributed by atoms with E-state index >= 15 is 0 Å². The largest absolute Gasteiger partial charge is 0.508 e. The first-order valence-corrected chi connectivity index (χ1v) is 13.8. The predicted octanol–water partition coefficient (Wildman–Crippen LogP) is 4.16. The van der Waals surface area contributed by atoms with E-state index in [1.807, 2.05) is 6.92 Å².